The maximum absolute atomic E-state index is 12.3. The molecule has 2 fully saturated rings. The van der Waals surface area contributed by atoms with Crippen molar-refractivity contribution in [3.05, 3.63) is 24.2 Å². The third-order valence-corrected chi connectivity index (χ3v) is 5.15. The van der Waals surface area contributed by atoms with Crippen LogP contribution in [0.3, 0.4) is 0 Å². The second kappa shape index (κ2) is 7.83. The average molecular weight is 333 g/mol. The van der Waals surface area contributed by atoms with Crippen molar-refractivity contribution in [1.29, 1.82) is 0 Å². The highest BCUT2D eigenvalue weighted by molar-refractivity contribution is 5.89. The van der Waals surface area contributed by atoms with E-state index in [9.17, 15) is 9.59 Å². The Balaban J connectivity index is 1.41. The van der Waals surface area contributed by atoms with Gasteiger partial charge in [-0.25, -0.2) is 0 Å². The summed E-state index contributed by atoms with van der Waals surface area (Å²) in [5, 5.41) is 3.01. The minimum Gasteiger partial charge on any atom is -0.467 e. The van der Waals surface area contributed by atoms with Crippen molar-refractivity contribution in [3.8, 4) is 0 Å². The molecule has 0 unspecified atom stereocenters. The summed E-state index contributed by atoms with van der Waals surface area (Å²) in [4.78, 5) is 28.5. The van der Waals surface area contributed by atoms with Crippen molar-refractivity contribution in [1.82, 2.24) is 15.1 Å². The Morgan fingerprint density at radius 3 is 3.04 bits per heavy atom. The number of carbonyl (C=O) groups is 2. The van der Waals surface area contributed by atoms with Gasteiger partial charge in [-0.05, 0) is 38.4 Å². The van der Waals surface area contributed by atoms with E-state index < -0.39 is 0 Å². The fraction of sp³-hybridized carbons (Fsp3) is 0.667. The lowest BCUT2D eigenvalue weighted by atomic mass is 10.0. The molecule has 0 aliphatic carbocycles. The molecule has 0 radical (unpaired) electrons. The highest BCUT2D eigenvalue weighted by atomic mass is 16.3. The molecule has 0 saturated carbocycles. The van der Waals surface area contributed by atoms with Crippen molar-refractivity contribution >= 4 is 11.8 Å². The Morgan fingerprint density at radius 1 is 1.42 bits per heavy atom. The van der Waals surface area contributed by atoms with E-state index >= 15 is 0 Å². The van der Waals surface area contributed by atoms with Crippen LogP contribution in [0.5, 0.6) is 0 Å². The molecule has 1 aromatic heterocycles. The zero-order valence-electron chi connectivity index (χ0n) is 14.4. The lowest BCUT2D eigenvalue weighted by Crippen LogP contribution is -2.43. The molecule has 6 heteroatoms. The first-order chi connectivity index (χ1) is 11.6. The lowest BCUT2D eigenvalue weighted by Gasteiger charge is -2.33. The van der Waals surface area contributed by atoms with E-state index in [1.54, 1.807) is 11.2 Å². The van der Waals surface area contributed by atoms with Gasteiger partial charge in [-0.2, -0.15) is 0 Å². The SMILES string of the molecule is C[C@H]1CCCCN1CCNC(=O)[C@H]1CC(=O)N(Cc2ccco2)C1. The quantitative estimate of drug-likeness (QED) is 0.859. The predicted molar refractivity (Wildman–Crippen MR) is 90.1 cm³/mol. The van der Waals surface area contributed by atoms with Gasteiger partial charge in [-0.1, -0.05) is 6.42 Å². The average Bonchev–Trinajstić information content (AvgIpc) is 3.20. The topological polar surface area (TPSA) is 65.8 Å². The highest BCUT2D eigenvalue weighted by Crippen LogP contribution is 2.20. The number of likely N-dealkylation sites (tertiary alicyclic amines) is 2. The Morgan fingerprint density at radius 2 is 2.29 bits per heavy atom. The monoisotopic (exact) mass is 333 g/mol. The fourth-order valence-corrected chi connectivity index (χ4v) is 3.65. The maximum atomic E-state index is 12.3. The minimum atomic E-state index is -0.244. The van der Waals surface area contributed by atoms with Crippen LogP contribution >= 0.6 is 0 Å². The number of hydrogen-bond acceptors (Lipinski definition) is 4. The molecule has 1 aromatic rings. The molecule has 0 bridgehead atoms. The summed E-state index contributed by atoms with van der Waals surface area (Å²) in [5.41, 5.74) is 0. The number of amides is 2. The van der Waals surface area contributed by atoms with Gasteiger partial charge in [0, 0.05) is 32.1 Å². The fourth-order valence-electron chi connectivity index (χ4n) is 3.65. The van der Waals surface area contributed by atoms with Crippen LogP contribution in [-0.4, -0.2) is 53.8 Å². The van der Waals surface area contributed by atoms with E-state index in [0.29, 0.717) is 32.1 Å². The third-order valence-electron chi connectivity index (χ3n) is 5.15. The number of rotatable bonds is 6. The van der Waals surface area contributed by atoms with E-state index in [0.717, 1.165) is 18.8 Å². The molecule has 2 aliphatic rings. The molecule has 1 N–H and O–H groups in total. The van der Waals surface area contributed by atoms with Gasteiger partial charge in [-0.15, -0.1) is 0 Å². The maximum Gasteiger partial charge on any atom is 0.225 e. The number of furan rings is 1. The van der Waals surface area contributed by atoms with Crippen LogP contribution < -0.4 is 5.32 Å². The molecule has 0 aromatic carbocycles. The summed E-state index contributed by atoms with van der Waals surface area (Å²) in [5.74, 6) is 0.529. The number of piperidine rings is 1. The lowest BCUT2D eigenvalue weighted by molar-refractivity contribution is -0.129. The van der Waals surface area contributed by atoms with Crippen LogP contribution in [0.1, 0.15) is 38.4 Å². The first kappa shape index (κ1) is 17.0. The van der Waals surface area contributed by atoms with Gasteiger partial charge < -0.3 is 14.6 Å². The van der Waals surface area contributed by atoms with Gasteiger partial charge in [0.05, 0.1) is 18.7 Å². The normalized spacial score (nSPS) is 25.2. The van der Waals surface area contributed by atoms with E-state index in [1.165, 1.54) is 19.3 Å². The molecule has 132 valence electrons. The smallest absolute Gasteiger partial charge is 0.225 e. The van der Waals surface area contributed by atoms with Gasteiger partial charge in [0.15, 0.2) is 0 Å². The second-order valence-corrected chi connectivity index (χ2v) is 6.93. The Kier molecular flexibility index (Phi) is 5.56. The largest absolute Gasteiger partial charge is 0.467 e. The van der Waals surface area contributed by atoms with Gasteiger partial charge in [0.25, 0.3) is 0 Å². The van der Waals surface area contributed by atoms with Crippen molar-refractivity contribution in [2.24, 2.45) is 5.92 Å². The molecule has 24 heavy (non-hydrogen) atoms. The summed E-state index contributed by atoms with van der Waals surface area (Å²) in [6, 6.07) is 4.26. The number of nitrogens with one attached hydrogen (secondary N) is 1. The Hall–Kier alpha value is -1.82. The third kappa shape index (κ3) is 4.17. The first-order valence-corrected chi connectivity index (χ1v) is 8.95. The second-order valence-electron chi connectivity index (χ2n) is 6.93. The molecular weight excluding hydrogens is 306 g/mol. The van der Waals surface area contributed by atoms with E-state index in [4.69, 9.17) is 4.42 Å². The number of carbonyl (C=O) groups excluding carboxylic acids is 2. The first-order valence-electron chi connectivity index (χ1n) is 8.95. The van der Waals surface area contributed by atoms with Crippen molar-refractivity contribution in [2.45, 2.75) is 45.2 Å². The summed E-state index contributed by atoms with van der Waals surface area (Å²) in [6.07, 6.45) is 5.69. The van der Waals surface area contributed by atoms with Crippen LogP contribution in [0.15, 0.2) is 22.8 Å². The van der Waals surface area contributed by atoms with Gasteiger partial charge >= 0.3 is 0 Å². The van der Waals surface area contributed by atoms with Crippen LogP contribution in [-0.2, 0) is 16.1 Å². The highest BCUT2D eigenvalue weighted by Gasteiger charge is 2.34. The molecule has 2 amide bonds. The molecule has 6 nitrogen and oxygen atoms in total. The van der Waals surface area contributed by atoms with Gasteiger partial charge in [0.1, 0.15) is 5.76 Å². The van der Waals surface area contributed by atoms with E-state index in [2.05, 4.69) is 17.1 Å². The van der Waals surface area contributed by atoms with Crippen molar-refractivity contribution < 1.29 is 14.0 Å². The summed E-state index contributed by atoms with van der Waals surface area (Å²) < 4.78 is 5.28. The van der Waals surface area contributed by atoms with Crippen molar-refractivity contribution in [3.63, 3.8) is 0 Å². The van der Waals surface area contributed by atoms with Crippen LogP contribution in [0.4, 0.5) is 0 Å². The summed E-state index contributed by atoms with van der Waals surface area (Å²) in [7, 11) is 0. The molecule has 3 rings (SSSR count). The number of hydrogen-bond donors (Lipinski definition) is 1. The molecule has 2 atom stereocenters. The molecule has 0 spiro atoms. The Bertz CT molecular complexity index is 558. The zero-order valence-corrected chi connectivity index (χ0v) is 14.4. The van der Waals surface area contributed by atoms with E-state index in [-0.39, 0.29) is 17.7 Å². The van der Waals surface area contributed by atoms with Crippen LogP contribution in [0.25, 0.3) is 0 Å². The van der Waals surface area contributed by atoms with Crippen LogP contribution in [0.2, 0.25) is 0 Å². The molecule has 2 saturated heterocycles. The Labute approximate surface area is 143 Å². The summed E-state index contributed by atoms with van der Waals surface area (Å²) in [6.45, 7) is 5.85. The predicted octanol–water partition coefficient (Wildman–Crippen LogP) is 1.62. The zero-order chi connectivity index (χ0) is 16.9. The molecule has 2 aliphatic heterocycles. The minimum absolute atomic E-state index is 0.00467. The van der Waals surface area contributed by atoms with Crippen LogP contribution in [0, 0.1) is 5.92 Å². The standard InChI is InChI=1S/C18H27N3O3/c1-14-5-2-3-8-20(14)9-7-19-18(23)15-11-17(22)21(12-15)13-16-6-4-10-24-16/h4,6,10,14-15H,2-3,5,7-9,11-13H2,1H3,(H,19,23)/t14-,15-/m0/s1. The van der Waals surface area contributed by atoms with Gasteiger partial charge in [0.2, 0.25) is 11.8 Å². The number of nitrogens with zero attached hydrogens (tertiary/aromatic N) is 2. The molecule has 3 heterocycles. The summed E-state index contributed by atoms with van der Waals surface area (Å²) >= 11 is 0. The van der Waals surface area contributed by atoms with E-state index in [1.807, 2.05) is 12.1 Å². The van der Waals surface area contributed by atoms with Gasteiger partial charge in [-0.3, -0.25) is 14.5 Å². The van der Waals surface area contributed by atoms with Crippen molar-refractivity contribution in [2.75, 3.05) is 26.2 Å². The molecular formula is C18H27N3O3.